The fraction of sp³-hybridized carbons (Fsp3) is 0.417. The number of hydrogen-bond donors (Lipinski definition) is 1. The third-order valence-corrected chi connectivity index (χ3v) is 2.27. The van der Waals surface area contributed by atoms with Crippen LogP contribution in [-0.2, 0) is 6.42 Å². The second kappa shape index (κ2) is 4.80. The molecule has 0 amide bonds. The molecule has 76 valence electrons. The number of rotatable bonds is 4. The van der Waals surface area contributed by atoms with Crippen LogP contribution in [0.3, 0.4) is 0 Å². The molecule has 2 heteroatoms. The first-order chi connectivity index (χ1) is 6.65. The number of benzene rings is 1. The third kappa shape index (κ3) is 2.59. The van der Waals surface area contributed by atoms with Gasteiger partial charge in [0.15, 0.2) is 6.29 Å². The van der Waals surface area contributed by atoms with Crippen LogP contribution in [-0.4, -0.2) is 11.4 Å². The summed E-state index contributed by atoms with van der Waals surface area (Å²) in [7, 11) is 0. The predicted octanol–water partition coefficient (Wildman–Crippen LogP) is 2.79. The van der Waals surface area contributed by atoms with Crippen molar-refractivity contribution in [1.29, 1.82) is 0 Å². The number of para-hydroxylation sites is 1. The molecular weight excluding hydrogens is 176 g/mol. The van der Waals surface area contributed by atoms with E-state index in [0.717, 1.165) is 18.4 Å². The third-order valence-electron chi connectivity index (χ3n) is 2.27. The molecule has 0 aliphatic rings. The predicted molar refractivity (Wildman–Crippen MR) is 56.7 cm³/mol. The van der Waals surface area contributed by atoms with Crippen LogP contribution < -0.4 is 0 Å². The maximum atomic E-state index is 10.6. The average Bonchev–Trinajstić information content (AvgIpc) is 2.16. The molecule has 0 bridgehead atoms. The first-order valence-electron chi connectivity index (χ1n) is 4.91. The molecule has 0 fully saturated rings. The van der Waals surface area contributed by atoms with Gasteiger partial charge in [0, 0.05) is 0 Å². The average molecular weight is 192 g/mol. The lowest BCUT2D eigenvalue weighted by molar-refractivity contribution is 0.112. The van der Waals surface area contributed by atoms with Crippen LogP contribution in [0.2, 0.25) is 0 Å². The quantitative estimate of drug-likeness (QED) is 0.745. The van der Waals surface area contributed by atoms with Crippen molar-refractivity contribution in [3.63, 3.8) is 0 Å². The van der Waals surface area contributed by atoms with Crippen molar-refractivity contribution in [2.45, 2.75) is 26.7 Å². The van der Waals surface area contributed by atoms with Gasteiger partial charge in [-0.1, -0.05) is 26.0 Å². The number of carbonyl (C=O) groups excluding carboxylic acids is 1. The normalized spacial score (nSPS) is 10.5. The number of carbonyl (C=O) groups is 1. The van der Waals surface area contributed by atoms with E-state index in [9.17, 15) is 9.90 Å². The Morgan fingerprint density at radius 2 is 2.14 bits per heavy atom. The van der Waals surface area contributed by atoms with E-state index in [0.29, 0.717) is 17.8 Å². The van der Waals surface area contributed by atoms with Crippen molar-refractivity contribution in [2.75, 3.05) is 0 Å². The molecule has 0 aliphatic carbocycles. The van der Waals surface area contributed by atoms with E-state index >= 15 is 0 Å². The topological polar surface area (TPSA) is 37.3 Å². The zero-order valence-corrected chi connectivity index (χ0v) is 8.66. The van der Waals surface area contributed by atoms with E-state index < -0.39 is 0 Å². The van der Waals surface area contributed by atoms with Crippen LogP contribution in [0, 0.1) is 5.92 Å². The van der Waals surface area contributed by atoms with Crippen LogP contribution in [0.5, 0.6) is 5.75 Å². The first kappa shape index (κ1) is 10.8. The molecule has 0 heterocycles. The Kier molecular flexibility index (Phi) is 3.69. The fourth-order valence-electron chi connectivity index (χ4n) is 1.35. The van der Waals surface area contributed by atoms with Crippen molar-refractivity contribution in [3.8, 4) is 5.75 Å². The van der Waals surface area contributed by atoms with E-state index in [1.54, 1.807) is 12.1 Å². The summed E-state index contributed by atoms with van der Waals surface area (Å²) in [5.41, 5.74) is 1.24. The molecular formula is C12H16O2. The Bertz CT molecular complexity index is 316. The van der Waals surface area contributed by atoms with Gasteiger partial charge in [0.25, 0.3) is 0 Å². The number of hydrogen-bond acceptors (Lipinski definition) is 2. The summed E-state index contributed by atoms with van der Waals surface area (Å²) in [5, 5.41) is 9.67. The lowest BCUT2D eigenvalue weighted by atomic mass is 10.0. The summed E-state index contributed by atoms with van der Waals surface area (Å²) < 4.78 is 0. The van der Waals surface area contributed by atoms with Gasteiger partial charge in [0.2, 0.25) is 0 Å². The first-order valence-corrected chi connectivity index (χ1v) is 4.91. The highest BCUT2D eigenvalue weighted by Gasteiger charge is 2.06. The van der Waals surface area contributed by atoms with Crippen LogP contribution in [0.25, 0.3) is 0 Å². The second-order valence-electron chi connectivity index (χ2n) is 3.91. The molecule has 0 spiro atoms. The summed E-state index contributed by atoms with van der Waals surface area (Å²) >= 11 is 0. The van der Waals surface area contributed by atoms with Crippen LogP contribution in [0.4, 0.5) is 0 Å². The van der Waals surface area contributed by atoms with Gasteiger partial charge in [-0.05, 0) is 30.4 Å². The molecule has 1 aromatic rings. The van der Waals surface area contributed by atoms with Gasteiger partial charge in [-0.15, -0.1) is 0 Å². The van der Waals surface area contributed by atoms with Gasteiger partial charge < -0.3 is 5.11 Å². The number of aldehydes is 1. The summed E-state index contributed by atoms with van der Waals surface area (Å²) in [6, 6.07) is 5.30. The standard InChI is InChI=1S/C12H16O2/c1-9(2)6-7-10-4-3-5-11(8-13)12(10)14/h3-5,8-9,14H,6-7H2,1-2H3. The van der Waals surface area contributed by atoms with Gasteiger partial charge >= 0.3 is 0 Å². The van der Waals surface area contributed by atoms with Crippen LogP contribution in [0.15, 0.2) is 18.2 Å². The molecule has 1 rings (SSSR count). The van der Waals surface area contributed by atoms with Gasteiger partial charge in [0.05, 0.1) is 5.56 Å². The van der Waals surface area contributed by atoms with Crippen molar-refractivity contribution >= 4 is 6.29 Å². The minimum absolute atomic E-state index is 0.142. The summed E-state index contributed by atoms with van der Waals surface area (Å²) in [4.78, 5) is 10.6. The largest absolute Gasteiger partial charge is 0.507 e. The maximum absolute atomic E-state index is 10.6. The lowest BCUT2D eigenvalue weighted by Gasteiger charge is -2.07. The van der Waals surface area contributed by atoms with Gasteiger partial charge in [0.1, 0.15) is 5.75 Å². The number of phenolic OH excluding ortho intramolecular Hbond substituents is 1. The molecule has 0 unspecified atom stereocenters. The molecule has 0 aromatic heterocycles. The Hall–Kier alpha value is -1.31. The number of phenols is 1. The van der Waals surface area contributed by atoms with Crippen molar-refractivity contribution < 1.29 is 9.90 Å². The molecule has 1 N–H and O–H groups in total. The molecule has 2 nitrogen and oxygen atoms in total. The van der Waals surface area contributed by atoms with Crippen molar-refractivity contribution in [3.05, 3.63) is 29.3 Å². The summed E-state index contributed by atoms with van der Waals surface area (Å²) in [5.74, 6) is 0.748. The Labute approximate surface area is 84.6 Å². The molecule has 0 saturated carbocycles. The second-order valence-corrected chi connectivity index (χ2v) is 3.91. The van der Waals surface area contributed by atoms with Gasteiger partial charge in [-0.3, -0.25) is 4.79 Å². The number of aryl methyl sites for hydroxylation is 1. The Balaban J connectivity index is 2.81. The van der Waals surface area contributed by atoms with Crippen molar-refractivity contribution in [1.82, 2.24) is 0 Å². The summed E-state index contributed by atoms with van der Waals surface area (Å²) in [6.45, 7) is 4.28. The van der Waals surface area contributed by atoms with E-state index in [1.807, 2.05) is 6.07 Å². The van der Waals surface area contributed by atoms with Crippen molar-refractivity contribution in [2.24, 2.45) is 5.92 Å². The van der Waals surface area contributed by atoms with E-state index in [2.05, 4.69) is 13.8 Å². The maximum Gasteiger partial charge on any atom is 0.153 e. The molecule has 0 saturated heterocycles. The van der Waals surface area contributed by atoms with E-state index in [-0.39, 0.29) is 5.75 Å². The minimum Gasteiger partial charge on any atom is -0.507 e. The van der Waals surface area contributed by atoms with Gasteiger partial charge in [-0.2, -0.15) is 0 Å². The van der Waals surface area contributed by atoms with E-state index in [1.165, 1.54) is 0 Å². The minimum atomic E-state index is 0.142. The molecule has 14 heavy (non-hydrogen) atoms. The molecule has 0 radical (unpaired) electrons. The molecule has 1 aromatic carbocycles. The molecule has 0 atom stereocenters. The highest BCUT2D eigenvalue weighted by molar-refractivity contribution is 5.79. The highest BCUT2D eigenvalue weighted by atomic mass is 16.3. The van der Waals surface area contributed by atoms with Crippen LogP contribution >= 0.6 is 0 Å². The zero-order chi connectivity index (χ0) is 10.6. The fourth-order valence-corrected chi connectivity index (χ4v) is 1.35. The van der Waals surface area contributed by atoms with Crippen LogP contribution in [0.1, 0.15) is 36.2 Å². The summed E-state index contributed by atoms with van der Waals surface area (Å²) in [6.07, 6.45) is 2.54. The van der Waals surface area contributed by atoms with Gasteiger partial charge in [-0.25, -0.2) is 0 Å². The van der Waals surface area contributed by atoms with E-state index in [4.69, 9.17) is 0 Å². The Morgan fingerprint density at radius 1 is 1.43 bits per heavy atom. The SMILES string of the molecule is CC(C)CCc1cccc(C=O)c1O. The Morgan fingerprint density at radius 3 is 2.71 bits per heavy atom. The zero-order valence-electron chi connectivity index (χ0n) is 8.66. The molecule has 0 aliphatic heterocycles. The highest BCUT2D eigenvalue weighted by Crippen LogP contribution is 2.23. The smallest absolute Gasteiger partial charge is 0.153 e. The number of aromatic hydroxyl groups is 1. The lowest BCUT2D eigenvalue weighted by Crippen LogP contribution is -1.94. The monoisotopic (exact) mass is 192 g/mol.